The highest BCUT2D eigenvalue weighted by Gasteiger charge is 2.27. The van der Waals surface area contributed by atoms with Crippen molar-refractivity contribution >= 4 is 21.9 Å². The Morgan fingerprint density at radius 1 is 1.03 bits per heavy atom. The monoisotopic (exact) mass is 418 g/mol. The van der Waals surface area contributed by atoms with Crippen molar-refractivity contribution < 1.29 is 27.9 Å². The summed E-state index contributed by atoms with van der Waals surface area (Å²) in [4.78, 5) is 24.1. The molecule has 29 heavy (non-hydrogen) atoms. The summed E-state index contributed by atoms with van der Waals surface area (Å²) in [6.45, 7) is 1.25. The van der Waals surface area contributed by atoms with Gasteiger partial charge in [-0.3, -0.25) is 4.79 Å². The molecule has 0 spiro atoms. The van der Waals surface area contributed by atoms with Crippen LogP contribution in [-0.2, 0) is 26.0 Å². The number of sulfonamides is 1. The minimum Gasteiger partial charge on any atom is -0.480 e. The van der Waals surface area contributed by atoms with E-state index in [-0.39, 0.29) is 30.0 Å². The Balaban J connectivity index is 1.69. The molecule has 2 aromatic rings. The van der Waals surface area contributed by atoms with Crippen LogP contribution in [0.5, 0.6) is 0 Å². The molecule has 1 heterocycles. The molecule has 0 aliphatic carbocycles. The molecule has 1 aliphatic heterocycles. The van der Waals surface area contributed by atoms with Crippen LogP contribution in [0.15, 0.2) is 59.5 Å². The summed E-state index contributed by atoms with van der Waals surface area (Å²) in [5.41, 5.74) is 0.970. The fourth-order valence-corrected chi connectivity index (χ4v) is 4.41. The number of hydrogen-bond donors (Lipinski definition) is 2. The van der Waals surface area contributed by atoms with Crippen molar-refractivity contribution in [3.63, 3.8) is 0 Å². The quantitative estimate of drug-likeness (QED) is 0.697. The number of carboxylic acid groups (broad SMARTS) is 1. The summed E-state index contributed by atoms with van der Waals surface area (Å²) in [7, 11) is -3.65. The minimum absolute atomic E-state index is 0.0787. The van der Waals surface area contributed by atoms with Gasteiger partial charge in [0, 0.05) is 25.1 Å². The largest absolute Gasteiger partial charge is 0.480 e. The number of amides is 1. The normalized spacial score (nSPS) is 16.1. The van der Waals surface area contributed by atoms with Gasteiger partial charge >= 0.3 is 5.97 Å². The van der Waals surface area contributed by atoms with E-state index in [0.717, 1.165) is 5.56 Å². The number of hydrogen-bond acceptors (Lipinski definition) is 5. The first-order valence-corrected chi connectivity index (χ1v) is 10.6. The summed E-state index contributed by atoms with van der Waals surface area (Å²) < 4.78 is 31.8. The molecule has 2 N–H and O–H groups in total. The Morgan fingerprint density at radius 3 is 2.24 bits per heavy atom. The van der Waals surface area contributed by atoms with Crippen molar-refractivity contribution in [2.45, 2.75) is 17.4 Å². The van der Waals surface area contributed by atoms with Crippen molar-refractivity contribution in [3.05, 3.63) is 65.7 Å². The molecule has 1 aliphatic rings. The highest BCUT2D eigenvalue weighted by Crippen LogP contribution is 2.18. The Labute approximate surface area is 169 Å². The van der Waals surface area contributed by atoms with E-state index in [0.29, 0.717) is 13.2 Å². The van der Waals surface area contributed by atoms with Gasteiger partial charge in [0.25, 0.3) is 5.91 Å². The van der Waals surface area contributed by atoms with Crippen LogP contribution in [0.2, 0.25) is 0 Å². The average molecular weight is 418 g/mol. The molecule has 2 aromatic carbocycles. The van der Waals surface area contributed by atoms with Crippen molar-refractivity contribution in [2.75, 3.05) is 26.3 Å². The molecular formula is C20H22N2O6S. The van der Waals surface area contributed by atoms with Gasteiger partial charge in [-0.1, -0.05) is 30.3 Å². The number of carboxylic acids is 1. The number of nitrogens with one attached hydrogen (secondary N) is 1. The lowest BCUT2D eigenvalue weighted by Crippen LogP contribution is -2.42. The second-order valence-electron chi connectivity index (χ2n) is 6.59. The van der Waals surface area contributed by atoms with Crippen LogP contribution in [0, 0.1) is 0 Å². The van der Waals surface area contributed by atoms with Gasteiger partial charge in [-0.25, -0.2) is 13.2 Å². The number of benzene rings is 2. The molecule has 1 atom stereocenters. The zero-order valence-electron chi connectivity index (χ0n) is 15.7. The Bertz CT molecular complexity index is 954. The number of aliphatic carboxylic acids is 1. The number of nitrogens with zero attached hydrogens (tertiary/aromatic N) is 1. The van der Waals surface area contributed by atoms with E-state index in [1.807, 2.05) is 6.07 Å². The number of morpholine rings is 1. The first-order chi connectivity index (χ1) is 13.9. The molecule has 0 bridgehead atoms. The van der Waals surface area contributed by atoms with Crippen molar-refractivity contribution in [2.24, 2.45) is 0 Å². The predicted molar refractivity (Wildman–Crippen MR) is 105 cm³/mol. The van der Waals surface area contributed by atoms with Crippen molar-refractivity contribution in [3.8, 4) is 0 Å². The molecule has 154 valence electrons. The summed E-state index contributed by atoms with van der Waals surface area (Å²) >= 11 is 0. The Kier molecular flexibility index (Phi) is 6.63. The van der Waals surface area contributed by atoms with Gasteiger partial charge in [-0.2, -0.15) is 4.31 Å². The smallest absolute Gasteiger partial charge is 0.326 e. The van der Waals surface area contributed by atoms with Gasteiger partial charge in [0.2, 0.25) is 10.0 Å². The van der Waals surface area contributed by atoms with Gasteiger partial charge in [0.05, 0.1) is 18.1 Å². The molecule has 1 saturated heterocycles. The number of ether oxygens (including phenoxy) is 1. The zero-order valence-corrected chi connectivity index (χ0v) is 16.5. The first kappa shape index (κ1) is 21.0. The van der Waals surface area contributed by atoms with Crippen LogP contribution in [0.3, 0.4) is 0 Å². The molecule has 1 amide bonds. The minimum atomic E-state index is -3.65. The highest BCUT2D eigenvalue weighted by atomic mass is 32.2. The van der Waals surface area contributed by atoms with Gasteiger partial charge < -0.3 is 15.2 Å². The Morgan fingerprint density at radius 2 is 1.66 bits per heavy atom. The molecule has 3 rings (SSSR count). The van der Waals surface area contributed by atoms with E-state index < -0.39 is 27.9 Å². The van der Waals surface area contributed by atoms with E-state index in [4.69, 9.17) is 4.74 Å². The van der Waals surface area contributed by atoms with Crippen LogP contribution in [0.25, 0.3) is 0 Å². The van der Waals surface area contributed by atoms with Gasteiger partial charge in [-0.15, -0.1) is 0 Å². The standard InChI is InChI=1S/C20H22N2O6S/c23-19(21-18(20(24)25)14-15-4-2-1-3-5-15)16-6-8-17(9-7-16)29(26,27)22-10-12-28-13-11-22/h1-9,18H,10-14H2,(H,21,23)(H,24,25)/t18-/m1/s1. The fourth-order valence-electron chi connectivity index (χ4n) is 3.01. The maximum atomic E-state index is 12.6. The summed E-state index contributed by atoms with van der Waals surface area (Å²) in [5, 5.41) is 11.9. The summed E-state index contributed by atoms with van der Waals surface area (Å²) in [6, 6.07) is 13.4. The maximum Gasteiger partial charge on any atom is 0.326 e. The fraction of sp³-hybridized carbons (Fsp3) is 0.300. The lowest BCUT2D eigenvalue weighted by molar-refractivity contribution is -0.139. The second kappa shape index (κ2) is 9.17. The van der Waals surface area contributed by atoms with Crippen molar-refractivity contribution in [1.29, 1.82) is 0 Å². The molecule has 9 heteroatoms. The topological polar surface area (TPSA) is 113 Å². The maximum absolute atomic E-state index is 12.6. The molecule has 1 fully saturated rings. The van der Waals surface area contributed by atoms with Crippen LogP contribution >= 0.6 is 0 Å². The lowest BCUT2D eigenvalue weighted by Gasteiger charge is -2.26. The third-order valence-electron chi connectivity index (χ3n) is 4.61. The van der Waals surface area contributed by atoms with Gasteiger partial charge in [0.1, 0.15) is 6.04 Å². The van der Waals surface area contributed by atoms with E-state index in [1.165, 1.54) is 28.6 Å². The van der Waals surface area contributed by atoms with Crippen LogP contribution in [0.1, 0.15) is 15.9 Å². The van der Waals surface area contributed by atoms with Crippen LogP contribution in [0.4, 0.5) is 0 Å². The van der Waals surface area contributed by atoms with E-state index >= 15 is 0 Å². The highest BCUT2D eigenvalue weighted by molar-refractivity contribution is 7.89. The number of carbonyl (C=O) groups excluding carboxylic acids is 1. The lowest BCUT2D eigenvalue weighted by atomic mass is 10.1. The van der Waals surface area contributed by atoms with Crippen molar-refractivity contribution in [1.82, 2.24) is 9.62 Å². The SMILES string of the molecule is O=C(N[C@H](Cc1ccccc1)C(=O)O)c1ccc(S(=O)(=O)N2CCOCC2)cc1. The zero-order chi connectivity index (χ0) is 20.9. The number of carbonyl (C=O) groups is 2. The molecule has 0 saturated carbocycles. The molecule has 0 radical (unpaired) electrons. The summed E-state index contributed by atoms with van der Waals surface area (Å²) in [6.07, 6.45) is 0.144. The van der Waals surface area contributed by atoms with Gasteiger partial charge in [0.15, 0.2) is 0 Å². The van der Waals surface area contributed by atoms with Gasteiger partial charge in [-0.05, 0) is 29.8 Å². The average Bonchev–Trinajstić information content (AvgIpc) is 2.74. The Hall–Kier alpha value is -2.75. The van der Waals surface area contributed by atoms with Crippen LogP contribution in [-0.4, -0.2) is 62.1 Å². The number of rotatable bonds is 7. The van der Waals surface area contributed by atoms with E-state index in [1.54, 1.807) is 24.3 Å². The third-order valence-corrected chi connectivity index (χ3v) is 6.52. The van der Waals surface area contributed by atoms with Crippen LogP contribution < -0.4 is 5.32 Å². The molecule has 0 aromatic heterocycles. The van der Waals surface area contributed by atoms with E-state index in [2.05, 4.69) is 5.32 Å². The third kappa shape index (κ3) is 5.20. The molecule has 8 nitrogen and oxygen atoms in total. The molecule has 0 unspecified atom stereocenters. The van der Waals surface area contributed by atoms with E-state index in [9.17, 15) is 23.1 Å². The summed E-state index contributed by atoms with van der Waals surface area (Å²) in [5.74, 6) is -1.72. The molecular weight excluding hydrogens is 396 g/mol. The predicted octanol–water partition coefficient (Wildman–Crippen LogP) is 1.13. The first-order valence-electron chi connectivity index (χ1n) is 9.13. The second-order valence-corrected chi connectivity index (χ2v) is 8.53.